The molecule has 20 heavy (non-hydrogen) atoms. The molecule has 0 aliphatic heterocycles. The molecule has 0 aliphatic carbocycles. The van der Waals surface area contributed by atoms with Gasteiger partial charge in [0, 0.05) is 20.8 Å². The molecule has 0 aliphatic rings. The molecule has 106 valence electrons. The molecule has 0 radical (unpaired) electrons. The number of aliphatic hydroxyl groups is 1. The van der Waals surface area contributed by atoms with Gasteiger partial charge in [-0.05, 0) is 52.9 Å². The van der Waals surface area contributed by atoms with Gasteiger partial charge >= 0.3 is 0 Å². The average Bonchev–Trinajstić information content (AvgIpc) is 2.37. The van der Waals surface area contributed by atoms with Gasteiger partial charge in [0.05, 0.1) is 5.56 Å². The van der Waals surface area contributed by atoms with E-state index in [1.807, 2.05) is 0 Å². The number of anilines is 1. The second-order valence-electron chi connectivity index (χ2n) is 4.16. The number of hydrogen-bond acceptors (Lipinski definition) is 2. The molecule has 2 N–H and O–H groups in total. The van der Waals surface area contributed by atoms with Gasteiger partial charge in [0.1, 0.15) is 17.7 Å². The first-order chi connectivity index (χ1) is 9.49. The van der Waals surface area contributed by atoms with Crippen molar-refractivity contribution in [3.63, 3.8) is 0 Å². The van der Waals surface area contributed by atoms with Crippen LogP contribution in [0.2, 0.25) is 5.02 Å². The van der Waals surface area contributed by atoms with E-state index in [0.717, 1.165) is 21.4 Å². The molecule has 0 saturated heterocycles. The number of hydrogen-bond donors (Lipinski definition) is 2. The van der Waals surface area contributed by atoms with Crippen molar-refractivity contribution < 1.29 is 13.9 Å². The minimum Gasteiger partial charge on any atom is -0.386 e. The van der Waals surface area contributed by atoms with Gasteiger partial charge < -0.3 is 10.4 Å². The lowest BCUT2D eigenvalue weighted by atomic mass is 10.1. The molecule has 6 heteroatoms. The molecule has 0 amide bonds. The molecule has 2 nitrogen and oxygen atoms in total. The molecule has 0 saturated carbocycles. The first kappa shape index (κ1) is 15.5. The first-order valence-corrected chi connectivity index (χ1v) is 7.25. The third-order valence-corrected chi connectivity index (χ3v) is 3.88. The van der Waals surface area contributed by atoms with E-state index in [9.17, 15) is 13.9 Å². The van der Waals surface area contributed by atoms with Crippen LogP contribution in [0.3, 0.4) is 0 Å². The van der Waals surface area contributed by atoms with Crippen LogP contribution in [-0.2, 0) is 0 Å². The van der Waals surface area contributed by atoms with Crippen LogP contribution in [0.5, 0.6) is 0 Å². The summed E-state index contributed by atoms with van der Waals surface area (Å²) in [6.07, 6.45) is -1.28. The lowest BCUT2D eigenvalue weighted by Crippen LogP contribution is -2.15. The van der Waals surface area contributed by atoms with Crippen LogP contribution in [-0.4, -0.2) is 11.7 Å². The standard InChI is InChI=1S/C14H11ClF2INO/c15-8-4-5-12(11(18)6-8)19-7-13(20)14-9(16)2-1-3-10(14)17/h1-6,13,19-20H,7H2. The summed E-state index contributed by atoms with van der Waals surface area (Å²) in [7, 11) is 0. The zero-order chi connectivity index (χ0) is 14.7. The summed E-state index contributed by atoms with van der Waals surface area (Å²) in [4.78, 5) is 0. The van der Waals surface area contributed by atoms with Crippen LogP contribution >= 0.6 is 34.2 Å². The van der Waals surface area contributed by atoms with E-state index in [-0.39, 0.29) is 12.1 Å². The van der Waals surface area contributed by atoms with Crippen LogP contribution in [0, 0.1) is 15.2 Å². The molecule has 0 aromatic heterocycles. The van der Waals surface area contributed by atoms with Gasteiger partial charge in [-0.1, -0.05) is 17.7 Å². The molecule has 1 atom stereocenters. The highest BCUT2D eigenvalue weighted by Gasteiger charge is 2.17. The predicted molar refractivity (Wildman–Crippen MR) is 84.0 cm³/mol. The number of nitrogens with one attached hydrogen (secondary N) is 1. The monoisotopic (exact) mass is 409 g/mol. The molecule has 2 aromatic carbocycles. The number of benzene rings is 2. The Labute approximate surface area is 133 Å². The van der Waals surface area contributed by atoms with E-state index in [1.54, 1.807) is 18.2 Å². The topological polar surface area (TPSA) is 32.3 Å². The smallest absolute Gasteiger partial charge is 0.132 e. The summed E-state index contributed by atoms with van der Waals surface area (Å²) in [6, 6.07) is 8.69. The molecular weight excluding hydrogens is 399 g/mol. The van der Waals surface area contributed by atoms with Gasteiger partial charge in [-0.3, -0.25) is 0 Å². The van der Waals surface area contributed by atoms with Gasteiger partial charge in [0.15, 0.2) is 0 Å². The third kappa shape index (κ3) is 3.59. The second-order valence-corrected chi connectivity index (χ2v) is 5.75. The molecule has 2 aromatic rings. The van der Waals surface area contributed by atoms with Crippen LogP contribution < -0.4 is 5.32 Å². The van der Waals surface area contributed by atoms with Crippen molar-refractivity contribution in [3.8, 4) is 0 Å². The maximum Gasteiger partial charge on any atom is 0.132 e. The minimum atomic E-state index is -1.28. The number of halogens is 4. The molecule has 1 unspecified atom stereocenters. The van der Waals surface area contributed by atoms with Crippen molar-refractivity contribution in [2.24, 2.45) is 0 Å². The van der Waals surface area contributed by atoms with Crippen molar-refractivity contribution >= 4 is 39.9 Å². The quantitative estimate of drug-likeness (QED) is 0.735. The van der Waals surface area contributed by atoms with Crippen LogP contribution in [0.15, 0.2) is 36.4 Å². The molecule has 2 rings (SSSR count). The van der Waals surface area contributed by atoms with Gasteiger partial charge in [-0.25, -0.2) is 8.78 Å². The van der Waals surface area contributed by atoms with Gasteiger partial charge in [0.2, 0.25) is 0 Å². The molecule has 0 bridgehead atoms. The Bertz CT molecular complexity index is 604. The zero-order valence-electron chi connectivity index (χ0n) is 10.2. The van der Waals surface area contributed by atoms with E-state index in [4.69, 9.17) is 11.6 Å². The Morgan fingerprint density at radius 3 is 2.45 bits per heavy atom. The van der Waals surface area contributed by atoms with Gasteiger partial charge in [-0.2, -0.15) is 0 Å². The second kappa shape index (κ2) is 6.69. The Kier molecular flexibility index (Phi) is 5.17. The summed E-state index contributed by atoms with van der Waals surface area (Å²) in [6.45, 7) is -0.00448. The molecule has 0 spiro atoms. The maximum absolute atomic E-state index is 13.5. The lowest BCUT2D eigenvalue weighted by Gasteiger charge is -2.15. The van der Waals surface area contributed by atoms with Crippen LogP contribution in [0.25, 0.3) is 0 Å². The predicted octanol–water partition coefficient (Wildman–Crippen LogP) is 4.37. The summed E-state index contributed by atoms with van der Waals surface area (Å²) in [5, 5.41) is 13.5. The van der Waals surface area contributed by atoms with Gasteiger partial charge in [0.25, 0.3) is 0 Å². The highest BCUT2D eigenvalue weighted by Crippen LogP contribution is 2.25. The first-order valence-electron chi connectivity index (χ1n) is 5.80. The third-order valence-electron chi connectivity index (χ3n) is 2.75. The highest BCUT2D eigenvalue weighted by molar-refractivity contribution is 14.1. The Hall–Kier alpha value is -0.920. The largest absolute Gasteiger partial charge is 0.386 e. The van der Waals surface area contributed by atoms with Crippen LogP contribution in [0.1, 0.15) is 11.7 Å². The molecule has 0 heterocycles. The van der Waals surface area contributed by atoms with Crippen LogP contribution in [0.4, 0.5) is 14.5 Å². The van der Waals surface area contributed by atoms with Crippen molar-refractivity contribution in [2.75, 3.05) is 11.9 Å². The van der Waals surface area contributed by atoms with Crippen molar-refractivity contribution in [2.45, 2.75) is 6.10 Å². The summed E-state index contributed by atoms with van der Waals surface area (Å²) >= 11 is 7.92. The van der Waals surface area contributed by atoms with Gasteiger partial charge in [-0.15, -0.1) is 0 Å². The fourth-order valence-corrected chi connectivity index (χ4v) is 2.83. The number of rotatable bonds is 4. The molecule has 0 fully saturated rings. The summed E-state index contributed by atoms with van der Waals surface area (Å²) in [5.41, 5.74) is 0.412. The highest BCUT2D eigenvalue weighted by atomic mass is 127. The van der Waals surface area contributed by atoms with Crippen molar-refractivity contribution in [1.29, 1.82) is 0 Å². The zero-order valence-corrected chi connectivity index (χ0v) is 13.1. The molecular formula is C14H11ClF2INO. The Balaban J connectivity index is 2.11. The number of aliphatic hydroxyl groups excluding tert-OH is 1. The summed E-state index contributed by atoms with van der Waals surface area (Å²) in [5.74, 6) is -1.52. The normalized spacial score (nSPS) is 12.2. The van der Waals surface area contributed by atoms with E-state index in [1.165, 1.54) is 6.07 Å². The van der Waals surface area contributed by atoms with E-state index in [0.29, 0.717) is 5.02 Å². The van der Waals surface area contributed by atoms with E-state index < -0.39 is 17.7 Å². The van der Waals surface area contributed by atoms with Crippen molar-refractivity contribution in [1.82, 2.24) is 0 Å². The maximum atomic E-state index is 13.5. The SMILES string of the molecule is OC(CNc1ccc(Cl)cc1I)c1c(F)cccc1F. The fraction of sp³-hybridized carbons (Fsp3) is 0.143. The van der Waals surface area contributed by atoms with E-state index >= 15 is 0 Å². The van der Waals surface area contributed by atoms with E-state index in [2.05, 4.69) is 27.9 Å². The minimum absolute atomic E-state index is 0.00448. The fourth-order valence-electron chi connectivity index (χ4n) is 1.77. The van der Waals surface area contributed by atoms with Crippen molar-refractivity contribution in [3.05, 3.63) is 62.2 Å². The Morgan fingerprint density at radius 1 is 1.20 bits per heavy atom. The average molecular weight is 410 g/mol. The Morgan fingerprint density at radius 2 is 1.85 bits per heavy atom. The lowest BCUT2D eigenvalue weighted by molar-refractivity contribution is 0.181. The summed E-state index contributed by atoms with van der Waals surface area (Å²) < 4.78 is 27.9.